The van der Waals surface area contributed by atoms with Crippen LogP contribution in [0.5, 0.6) is 0 Å². The van der Waals surface area contributed by atoms with Gasteiger partial charge in [-0.3, -0.25) is 4.99 Å². The van der Waals surface area contributed by atoms with E-state index >= 15 is 0 Å². The van der Waals surface area contributed by atoms with E-state index in [0.717, 1.165) is 38.7 Å². The molecule has 0 unspecified atom stereocenters. The molecule has 2 N–H and O–H groups in total. The third-order valence-electron chi connectivity index (χ3n) is 3.56. The average molecular weight is 328 g/mol. The summed E-state index contributed by atoms with van der Waals surface area (Å²) in [5.74, 6) is 7.72. The van der Waals surface area contributed by atoms with Crippen molar-refractivity contribution in [2.75, 3.05) is 68.0 Å². The first kappa shape index (κ1) is 21.5. The summed E-state index contributed by atoms with van der Waals surface area (Å²) in [6.45, 7) is 12.1. The van der Waals surface area contributed by atoms with E-state index in [-0.39, 0.29) is 0 Å². The number of nitrogens with zero attached hydrogens (tertiary/aromatic N) is 6. The van der Waals surface area contributed by atoms with Gasteiger partial charge in [-0.15, -0.1) is 5.10 Å². The topological polar surface area (TPSA) is 63.7 Å². The van der Waals surface area contributed by atoms with Gasteiger partial charge in [0.15, 0.2) is 0 Å². The first-order valence-corrected chi connectivity index (χ1v) is 8.26. The van der Waals surface area contributed by atoms with Crippen LogP contribution in [0.15, 0.2) is 10.1 Å². The minimum Gasteiger partial charge on any atom is -0.358 e. The lowest BCUT2D eigenvalue weighted by Gasteiger charge is -2.33. The van der Waals surface area contributed by atoms with E-state index in [9.17, 15) is 0 Å². The van der Waals surface area contributed by atoms with Crippen molar-refractivity contribution in [3.8, 4) is 0 Å². The number of hydrazone groups is 1. The molecule has 0 atom stereocenters. The molecule has 0 saturated carbocycles. The molecule has 1 heterocycles. The molecular formula is C16H37N7. The van der Waals surface area contributed by atoms with Crippen molar-refractivity contribution >= 4 is 11.8 Å². The van der Waals surface area contributed by atoms with Crippen LogP contribution in [-0.2, 0) is 0 Å². The first-order chi connectivity index (χ1) is 10.7. The molecule has 23 heavy (non-hydrogen) atoms. The molecule has 1 rings (SSSR count). The second kappa shape index (κ2) is 11.1. The molecular weight excluding hydrogens is 290 g/mol. The number of amidine groups is 1. The Morgan fingerprint density at radius 3 is 1.83 bits per heavy atom. The quantitative estimate of drug-likeness (QED) is 0.349. The summed E-state index contributed by atoms with van der Waals surface area (Å²) in [6.07, 6.45) is 0. The number of aliphatic imine (C=N–C) groups is 1. The maximum atomic E-state index is 5.08. The molecule has 1 saturated heterocycles. The molecule has 1 aliphatic rings. The molecule has 0 radical (unpaired) electrons. The van der Waals surface area contributed by atoms with E-state index < -0.39 is 0 Å². The van der Waals surface area contributed by atoms with Gasteiger partial charge >= 0.3 is 0 Å². The summed E-state index contributed by atoms with van der Waals surface area (Å²) in [6, 6.07) is 0. The molecule has 1 aliphatic heterocycles. The predicted octanol–water partition coefficient (Wildman–Crippen LogP) is 0.648. The predicted molar refractivity (Wildman–Crippen MR) is 101 cm³/mol. The van der Waals surface area contributed by atoms with Crippen LogP contribution in [0.3, 0.4) is 0 Å². The van der Waals surface area contributed by atoms with Crippen LogP contribution >= 0.6 is 0 Å². The van der Waals surface area contributed by atoms with Gasteiger partial charge < -0.3 is 25.4 Å². The number of piperazine rings is 1. The van der Waals surface area contributed by atoms with Crippen LogP contribution in [0, 0.1) is 5.92 Å². The lowest BCUT2D eigenvalue weighted by Crippen LogP contribution is -2.46. The van der Waals surface area contributed by atoms with Crippen molar-refractivity contribution in [1.29, 1.82) is 0 Å². The van der Waals surface area contributed by atoms with Gasteiger partial charge in [-0.2, -0.15) is 0 Å². The SMILES string of the molecule is CC(=NCC(C)C)N1CCN(C)CC1.CN(C)C(=NN)N(C)C. The second-order valence-corrected chi connectivity index (χ2v) is 6.79. The normalized spacial score (nSPS) is 15.9. The van der Waals surface area contributed by atoms with Crippen LogP contribution in [0.1, 0.15) is 20.8 Å². The Labute approximate surface area is 142 Å². The van der Waals surface area contributed by atoms with Crippen LogP contribution < -0.4 is 5.84 Å². The van der Waals surface area contributed by atoms with Crippen molar-refractivity contribution in [3.05, 3.63) is 0 Å². The van der Waals surface area contributed by atoms with Crippen molar-refractivity contribution in [3.63, 3.8) is 0 Å². The van der Waals surface area contributed by atoms with E-state index in [1.807, 2.05) is 38.0 Å². The van der Waals surface area contributed by atoms with Gasteiger partial charge in [0.1, 0.15) is 0 Å². The molecule has 1 fully saturated rings. The van der Waals surface area contributed by atoms with E-state index in [1.165, 1.54) is 5.84 Å². The van der Waals surface area contributed by atoms with Crippen LogP contribution in [-0.4, -0.2) is 99.4 Å². The fourth-order valence-corrected chi connectivity index (χ4v) is 2.18. The Bertz CT molecular complexity index is 357. The Kier molecular flexibility index (Phi) is 10.4. The lowest BCUT2D eigenvalue weighted by atomic mass is 10.2. The van der Waals surface area contributed by atoms with Crippen molar-refractivity contribution in [1.82, 2.24) is 19.6 Å². The number of rotatable bonds is 2. The Morgan fingerprint density at radius 2 is 1.52 bits per heavy atom. The molecule has 0 amide bonds. The molecule has 0 aromatic rings. The second-order valence-electron chi connectivity index (χ2n) is 6.79. The van der Waals surface area contributed by atoms with Gasteiger partial charge in [0.2, 0.25) is 5.96 Å². The van der Waals surface area contributed by atoms with E-state index in [1.54, 1.807) is 0 Å². The maximum absolute atomic E-state index is 5.08. The number of likely N-dealkylation sites (N-methyl/N-ethyl adjacent to an activating group) is 1. The highest BCUT2D eigenvalue weighted by atomic mass is 15.4. The summed E-state index contributed by atoms with van der Waals surface area (Å²) >= 11 is 0. The minimum atomic E-state index is 0.664. The molecule has 7 nitrogen and oxygen atoms in total. The molecule has 7 heteroatoms. The highest BCUT2D eigenvalue weighted by Crippen LogP contribution is 2.02. The third kappa shape index (κ3) is 9.28. The third-order valence-corrected chi connectivity index (χ3v) is 3.56. The Morgan fingerprint density at radius 1 is 1.04 bits per heavy atom. The van der Waals surface area contributed by atoms with Crippen molar-refractivity contribution < 1.29 is 0 Å². The smallest absolute Gasteiger partial charge is 0.217 e. The van der Waals surface area contributed by atoms with Crippen LogP contribution in [0.25, 0.3) is 0 Å². The molecule has 0 aliphatic carbocycles. The number of guanidine groups is 1. The Balaban J connectivity index is 0.000000468. The van der Waals surface area contributed by atoms with E-state index in [4.69, 9.17) is 5.84 Å². The average Bonchev–Trinajstić information content (AvgIpc) is 2.46. The first-order valence-electron chi connectivity index (χ1n) is 8.26. The molecule has 136 valence electrons. The number of hydrogen-bond acceptors (Lipinski definition) is 4. The van der Waals surface area contributed by atoms with Crippen LogP contribution in [0.4, 0.5) is 0 Å². The zero-order valence-corrected chi connectivity index (χ0v) is 16.4. The minimum absolute atomic E-state index is 0.664. The summed E-state index contributed by atoms with van der Waals surface area (Å²) in [4.78, 5) is 13.0. The van der Waals surface area contributed by atoms with Gasteiger partial charge in [0.25, 0.3) is 0 Å². The van der Waals surface area contributed by atoms with Gasteiger partial charge in [-0.05, 0) is 19.9 Å². The van der Waals surface area contributed by atoms with Gasteiger partial charge in [0.05, 0.1) is 5.84 Å². The van der Waals surface area contributed by atoms with Crippen LogP contribution in [0.2, 0.25) is 0 Å². The highest BCUT2D eigenvalue weighted by Gasteiger charge is 2.14. The van der Waals surface area contributed by atoms with Crippen molar-refractivity contribution in [2.45, 2.75) is 20.8 Å². The number of hydrogen-bond donors (Lipinski definition) is 1. The summed E-state index contributed by atoms with van der Waals surface area (Å²) in [7, 11) is 9.76. The molecule has 0 aromatic carbocycles. The molecule has 0 spiro atoms. The zero-order chi connectivity index (χ0) is 18.0. The van der Waals surface area contributed by atoms with Gasteiger partial charge in [0, 0.05) is 60.9 Å². The maximum Gasteiger partial charge on any atom is 0.217 e. The summed E-state index contributed by atoms with van der Waals surface area (Å²) < 4.78 is 0. The lowest BCUT2D eigenvalue weighted by molar-refractivity contribution is 0.214. The summed E-state index contributed by atoms with van der Waals surface area (Å²) in [5.41, 5.74) is 0. The largest absolute Gasteiger partial charge is 0.358 e. The van der Waals surface area contributed by atoms with Gasteiger partial charge in [-0.1, -0.05) is 13.8 Å². The van der Waals surface area contributed by atoms with E-state index in [0.29, 0.717) is 5.92 Å². The fourth-order valence-electron chi connectivity index (χ4n) is 2.18. The number of nitrogens with two attached hydrogens (primary N) is 1. The molecule has 0 aromatic heterocycles. The highest BCUT2D eigenvalue weighted by molar-refractivity contribution is 5.79. The zero-order valence-electron chi connectivity index (χ0n) is 16.4. The summed E-state index contributed by atoms with van der Waals surface area (Å²) in [5, 5.41) is 3.56. The van der Waals surface area contributed by atoms with E-state index in [2.05, 4.69) is 47.7 Å². The standard InChI is InChI=1S/C11H23N3.C5H14N4/c1-10(2)9-12-11(3)14-7-5-13(4)6-8-14;1-8(2)5(7-6)9(3)4/h10H,5-9H2,1-4H3;6H2,1-4H3. The monoisotopic (exact) mass is 327 g/mol. The Hall–Kier alpha value is -1.50. The fraction of sp³-hybridized carbons (Fsp3) is 0.875. The van der Waals surface area contributed by atoms with Crippen molar-refractivity contribution in [2.24, 2.45) is 21.9 Å². The van der Waals surface area contributed by atoms with Gasteiger partial charge in [-0.25, -0.2) is 0 Å². The molecule has 0 bridgehead atoms.